The number of nitrogens with zero attached hydrogens (tertiary/aromatic N) is 3. The van der Waals surface area contributed by atoms with Gasteiger partial charge in [0.25, 0.3) is 5.92 Å². The molecular weight excluding hydrogens is 312 g/mol. The predicted molar refractivity (Wildman–Crippen MR) is 73.5 cm³/mol. The number of urea groups is 1. The summed E-state index contributed by atoms with van der Waals surface area (Å²) >= 11 is 0. The molecule has 1 aromatic rings. The topological polar surface area (TPSA) is 86.9 Å². The second kappa shape index (κ2) is 5.78. The molecule has 0 radical (unpaired) electrons. The van der Waals surface area contributed by atoms with Crippen molar-refractivity contribution in [3.8, 4) is 0 Å². The Kier molecular flexibility index (Phi) is 3.95. The fourth-order valence-corrected chi connectivity index (χ4v) is 3.14. The molecular formula is C14H17F2N3O4. The van der Waals surface area contributed by atoms with Crippen molar-refractivity contribution >= 4 is 12.0 Å². The number of carboxylic acid groups (broad SMARTS) is 1. The van der Waals surface area contributed by atoms with E-state index in [0.717, 1.165) is 6.39 Å². The largest absolute Gasteiger partial charge is 0.476 e. The SMILES string of the molecule is O=C(O)c1ncoc1C1CCN(C(=O)N2CCC(F)(F)C2)CC1. The van der Waals surface area contributed by atoms with Crippen molar-refractivity contribution in [3.63, 3.8) is 0 Å². The van der Waals surface area contributed by atoms with E-state index in [1.807, 2.05) is 0 Å². The van der Waals surface area contributed by atoms with Crippen molar-refractivity contribution in [1.29, 1.82) is 0 Å². The average Bonchev–Trinajstić information content (AvgIpc) is 3.13. The Balaban J connectivity index is 1.59. The maximum atomic E-state index is 13.2. The van der Waals surface area contributed by atoms with Gasteiger partial charge in [-0.3, -0.25) is 0 Å². The molecule has 9 heteroatoms. The summed E-state index contributed by atoms with van der Waals surface area (Å²) in [5.74, 6) is -3.76. The Morgan fingerprint density at radius 2 is 1.96 bits per heavy atom. The minimum Gasteiger partial charge on any atom is -0.476 e. The number of aromatic nitrogens is 1. The molecule has 126 valence electrons. The van der Waals surface area contributed by atoms with Crippen LogP contribution < -0.4 is 0 Å². The third-order valence-corrected chi connectivity index (χ3v) is 4.37. The normalized spacial score (nSPS) is 21.7. The van der Waals surface area contributed by atoms with E-state index in [1.165, 1.54) is 9.80 Å². The molecule has 1 N–H and O–H groups in total. The van der Waals surface area contributed by atoms with Crippen LogP contribution >= 0.6 is 0 Å². The molecule has 2 saturated heterocycles. The molecule has 0 spiro atoms. The van der Waals surface area contributed by atoms with Crippen LogP contribution in [0.1, 0.15) is 41.4 Å². The lowest BCUT2D eigenvalue weighted by molar-refractivity contribution is 0.0135. The second-order valence-corrected chi connectivity index (χ2v) is 5.94. The van der Waals surface area contributed by atoms with Crippen LogP contribution in [0.15, 0.2) is 10.8 Å². The standard InChI is InChI=1S/C14H17F2N3O4/c15-14(16)3-6-19(7-14)13(22)18-4-1-9(2-5-18)11-10(12(20)21)17-8-23-11/h8-9H,1-7H2,(H,20,21). The zero-order valence-corrected chi connectivity index (χ0v) is 12.4. The number of alkyl halides is 2. The van der Waals surface area contributed by atoms with Crippen LogP contribution in [0.25, 0.3) is 0 Å². The average molecular weight is 329 g/mol. The zero-order valence-electron chi connectivity index (χ0n) is 12.4. The van der Waals surface area contributed by atoms with Gasteiger partial charge >= 0.3 is 12.0 Å². The van der Waals surface area contributed by atoms with Gasteiger partial charge in [0.15, 0.2) is 12.1 Å². The molecule has 0 unspecified atom stereocenters. The Labute approximate surface area is 130 Å². The van der Waals surface area contributed by atoms with Gasteiger partial charge in [-0.2, -0.15) is 0 Å². The summed E-state index contributed by atoms with van der Waals surface area (Å²) in [6.45, 7) is 0.296. The Hall–Kier alpha value is -2.19. The third kappa shape index (κ3) is 3.13. The second-order valence-electron chi connectivity index (χ2n) is 5.94. The van der Waals surface area contributed by atoms with Crippen LogP contribution in [0.2, 0.25) is 0 Å². The summed E-state index contributed by atoms with van der Waals surface area (Å²) in [5.41, 5.74) is -0.103. The van der Waals surface area contributed by atoms with E-state index in [2.05, 4.69) is 4.98 Å². The molecule has 0 atom stereocenters. The number of oxazole rings is 1. The maximum Gasteiger partial charge on any atom is 0.358 e. The molecule has 1 aromatic heterocycles. The lowest BCUT2D eigenvalue weighted by Crippen LogP contribution is -2.46. The van der Waals surface area contributed by atoms with Gasteiger partial charge < -0.3 is 19.3 Å². The van der Waals surface area contributed by atoms with Crippen LogP contribution in [0, 0.1) is 0 Å². The molecule has 3 heterocycles. The van der Waals surface area contributed by atoms with Gasteiger partial charge in [0.1, 0.15) is 5.76 Å². The van der Waals surface area contributed by atoms with E-state index in [0.29, 0.717) is 31.7 Å². The number of piperidine rings is 1. The summed E-state index contributed by atoms with van der Waals surface area (Å²) in [6, 6.07) is -0.378. The summed E-state index contributed by atoms with van der Waals surface area (Å²) < 4.78 is 31.6. The number of carbonyl (C=O) groups excluding carboxylic acids is 1. The number of hydrogen-bond donors (Lipinski definition) is 1. The highest BCUT2D eigenvalue weighted by Crippen LogP contribution is 2.32. The first-order chi connectivity index (χ1) is 10.9. The van der Waals surface area contributed by atoms with Crippen molar-refractivity contribution in [3.05, 3.63) is 17.8 Å². The molecule has 0 aromatic carbocycles. The van der Waals surface area contributed by atoms with Gasteiger partial charge in [-0.05, 0) is 12.8 Å². The Bertz CT molecular complexity index is 611. The highest BCUT2D eigenvalue weighted by Gasteiger charge is 2.42. The molecule has 0 aliphatic carbocycles. The van der Waals surface area contributed by atoms with E-state index in [9.17, 15) is 18.4 Å². The van der Waals surface area contributed by atoms with Crippen LogP contribution in [0.4, 0.5) is 13.6 Å². The number of carbonyl (C=O) groups is 2. The number of halogens is 2. The lowest BCUT2D eigenvalue weighted by atomic mass is 9.93. The molecule has 2 aliphatic heterocycles. The molecule has 2 fully saturated rings. The molecule has 23 heavy (non-hydrogen) atoms. The van der Waals surface area contributed by atoms with Crippen LogP contribution in [0.3, 0.4) is 0 Å². The van der Waals surface area contributed by atoms with Gasteiger partial charge in [-0.1, -0.05) is 0 Å². The van der Waals surface area contributed by atoms with Crippen LogP contribution in [0.5, 0.6) is 0 Å². The zero-order chi connectivity index (χ0) is 16.6. The number of rotatable bonds is 2. The van der Waals surface area contributed by atoms with E-state index >= 15 is 0 Å². The monoisotopic (exact) mass is 329 g/mol. The Morgan fingerprint density at radius 3 is 2.52 bits per heavy atom. The van der Waals surface area contributed by atoms with Crippen molar-refractivity contribution in [2.45, 2.75) is 31.1 Å². The van der Waals surface area contributed by atoms with Gasteiger partial charge in [-0.25, -0.2) is 23.4 Å². The number of hydrogen-bond acceptors (Lipinski definition) is 4. The molecule has 2 amide bonds. The first-order valence-electron chi connectivity index (χ1n) is 7.46. The van der Waals surface area contributed by atoms with Crippen molar-refractivity contribution in [2.75, 3.05) is 26.2 Å². The fraction of sp³-hybridized carbons (Fsp3) is 0.643. The van der Waals surface area contributed by atoms with E-state index in [1.54, 1.807) is 0 Å². The Morgan fingerprint density at radius 1 is 1.26 bits per heavy atom. The number of amides is 2. The predicted octanol–water partition coefficient (Wildman–Crippen LogP) is 2.01. The number of likely N-dealkylation sites (tertiary alicyclic amines) is 2. The minimum atomic E-state index is -2.80. The summed E-state index contributed by atoms with van der Waals surface area (Å²) in [7, 11) is 0. The number of carboxylic acids is 1. The summed E-state index contributed by atoms with van der Waals surface area (Å²) in [4.78, 5) is 29.7. The van der Waals surface area contributed by atoms with Gasteiger partial charge in [0.05, 0.1) is 6.54 Å². The summed E-state index contributed by atoms with van der Waals surface area (Å²) in [5, 5.41) is 9.05. The van der Waals surface area contributed by atoms with E-state index in [-0.39, 0.29) is 30.6 Å². The quantitative estimate of drug-likeness (QED) is 0.897. The molecule has 2 aliphatic rings. The lowest BCUT2D eigenvalue weighted by Gasteiger charge is -2.33. The van der Waals surface area contributed by atoms with E-state index < -0.39 is 18.4 Å². The first-order valence-corrected chi connectivity index (χ1v) is 7.46. The third-order valence-electron chi connectivity index (χ3n) is 4.37. The van der Waals surface area contributed by atoms with E-state index in [4.69, 9.17) is 9.52 Å². The smallest absolute Gasteiger partial charge is 0.358 e. The van der Waals surface area contributed by atoms with Crippen LogP contribution in [-0.4, -0.2) is 64.0 Å². The highest BCUT2D eigenvalue weighted by atomic mass is 19.3. The summed E-state index contributed by atoms with van der Waals surface area (Å²) in [6.07, 6.45) is 1.84. The molecule has 0 bridgehead atoms. The molecule has 3 rings (SSSR count). The first kappa shape index (κ1) is 15.7. The van der Waals surface area contributed by atoms with Gasteiger partial charge in [0, 0.05) is 32.0 Å². The molecule has 0 saturated carbocycles. The van der Waals surface area contributed by atoms with Gasteiger partial charge in [-0.15, -0.1) is 0 Å². The van der Waals surface area contributed by atoms with Crippen molar-refractivity contribution < 1.29 is 27.9 Å². The van der Waals surface area contributed by atoms with Gasteiger partial charge in [0.2, 0.25) is 0 Å². The highest BCUT2D eigenvalue weighted by molar-refractivity contribution is 5.86. The van der Waals surface area contributed by atoms with Crippen LogP contribution in [-0.2, 0) is 0 Å². The van der Waals surface area contributed by atoms with Crippen molar-refractivity contribution in [1.82, 2.24) is 14.8 Å². The number of aromatic carboxylic acids is 1. The minimum absolute atomic E-state index is 0.0665. The fourth-order valence-electron chi connectivity index (χ4n) is 3.14. The van der Waals surface area contributed by atoms with Crippen molar-refractivity contribution in [2.24, 2.45) is 0 Å². The molecule has 7 nitrogen and oxygen atoms in total. The maximum absolute atomic E-state index is 13.2.